The molecule has 570 valence electrons. The Morgan fingerprint density at radius 3 is 1.45 bits per heavy atom. The number of non-ortho nitro benzene ring substituents is 1. The molecule has 34 nitrogen and oxygen atoms in total. The van der Waals surface area contributed by atoms with Gasteiger partial charge in [-0.2, -0.15) is 0 Å². The van der Waals surface area contributed by atoms with Gasteiger partial charge in [-0.05, 0) is 102 Å². The molecule has 6 aromatic rings. The third-order valence-corrected chi connectivity index (χ3v) is 15.6. The molecule has 38 heteroatoms. The van der Waals surface area contributed by atoms with Gasteiger partial charge in [0.2, 0.25) is 22.3 Å². The number of carbonyl (C=O) groups is 9. The molecule has 0 saturated heterocycles. The second kappa shape index (κ2) is 35.8. The smallest absolute Gasteiger partial charge is 0.323 e. The van der Waals surface area contributed by atoms with Crippen molar-refractivity contribution in [3.8, 4) is 62.1 Å². The average molecular weight is 1510 g/mol. The van der Waals surface area contributed by atoms with Crippen LogP contribution in [0.1, 0.15) is 41.2 Å². The molecule has 0 bridgehead atoms. The van der Waals surface area contributed by atoms with Gasteiger partial charge in [-0.3, -0.25) is 53.3 Å². The Hall–Kier alpha value is -13.5. The minimum Gasteiger partial charge on any atom is -0.548 e. The molecule has 108 heavy (non-hydrogen) atoms. The van der Waals surface area contributed by atoms with E-state index in [1.165, 1.54) is 55.5 Å². The molecule has 0 radical (unpaired) electrons. The number of phenols is 2. The zero-order chi connectivity index (χ0) is 77.9. The fraction of sp³-hybridized carbons (Fsp3) is 0.243. The highest BCUT2D eigenvalue weighted by Gasteiger charge is 2.29. The van der Waals surface area contributed by atoms with Crippen molar-refractivity contribution in [2.75, 3.05) is 67.7 Å². The number of hydrogen-bond donors (Lipinski definition) is 10. The number of halogens is 4. The maximum atomic E-state index is 14.5. The summed E-state index contributed by atoms with van der Waals surface area (Å²) in [6.07, 6.45) is -0.538. The number of phenolic OH excluding ortho intramolecular Hbond substituents is 2. The normalized spacial score (nSPS) is 11.6. The van der Waals surface area contributed by atoms with Gasteiger partial charge in [0.1, 0.15) is 59.7 Å². The Kier molecular flexibility index (Phi) is 27.7. The Bertz CT molecular complexity index is 5190. The van der Waals surface area contributed by atoms with E-state index < -0.39 is 175 Å². The van der Waals surface area contributed by atoms with E-state index in [9.17, 15) is 121 Å². The second-order valence-corrected chi connectivity index (χ2v) is 23.0. The lowest BCUT2D eigenvalue weighted by Crippen LogP contribution is -2.45. The van der Waals surface area contributed by atoms with E-state index in [2.05, 4.69) is 30.9 Å². The van der Waals surface area contributed by atoms with E-state index >= 15 is 0 Å². The van der Waals surface area contributed by atoms with Crippen molar-refractivity contribution in [3.63, 3.8) is 0 Å². The van der Waals surface area contributed by atoms with Gasteiger partial charge < -0.3 is 94.9 Å². The van der Waals surface area contributed by atoms with Crippen LogP contribution in [-0.2, 0) is 49.6 Å². The molecule has 0 spiro atoms. The largest absolute Gasteiger partial charge is 0.548 e. The number of Topliss-reactive ketones (excluding diaryl/α,β-unsaturated/α-hetero) is 3. The number of anilines is 3. The molecule has 0 fully saturated rings. The lowest BCUT2D eigenvalue weighted by molar-refractivity contribution is -0.383. The lowest BCUT2D eigenvalue weighted by atomic mass is 9.91. The van der Waals surface area contributed by atoms with E-state index in [1.54, 1.807) is 0 Å². The first kappa shape index (κ1) is 83.5. The number of carbonyl (C=O) groups excluding carboxylic acids is 7. The number of aliphatic hydroxyl groups excluding tert-OH is 3. The van der Waals surface area contributed by atoms with Crippen LogP contribution in [0.15, 0.2) is 120 Å². The number of rotatable bonds is 28. The number of nitro groups is 1. The zero-order valence-electron chi connectivity index (χ0n) is 55.0. The summed E-state index contributed by atoms with van der Waals surface area (Å²) in [6.45, 7) is -2.48. The van der Waals surface area contributed by atoms with Gasteiger partial charge >= 0.3 is 17.6 Å². The van der Waals surface area contributed by atoms with Gasteiger partial charge in [0.05, 0.1) is 67.6 Å². The summed E-state index contributed by atoms with van der Waals surface area (Å²) >= 11 is 0. The number of aliphatic hydroxyl groups is 3. The van der Waals surface area contributed by atoms with Crippen molar-refractivity contribution >= 4 is 109 Å². The number of nitro benzene ring substituents is 1. The minimum atomic E-state index is -1.67. The molecule has 3 atom stereocenters. The fourth-order valence-corrected chi connectivity index (χ4v) is 10.7. The predicted molar refractivity (Wildman–Crippen MR) is 368 cm³/mol. The highest BCUT2D eigenvalue weighted by atomic mass is 19.1. The molecule has 2 aliphatic heterocycles. The zero-order valence-corrected chi connectivity index (χ0v) is 55.0. The van der Waals surface area contributed by atoms with Crippen LogP contribution in [0.4, 0.5) is 40.3 Å². The maximum Gasteiger partial charge on any atom is 0.323 e. The van der Waals surface area contributed by atoms with E-state index in [0.29, 0.717) is 5.69 Å². The number of aliphatic carboxylic acids is 4. The monoisotopic (exact) mass is 1510 g/mol. The first-order valence-corrected chi connectivity index (χ1v) is 30.6. The number of aromatic hydroxyl groups is 2. The molecule has 1 aromatic heterocycles. The minimum absolute atomic E-state index is 0. The highest BCUT2D eigenvalue weighted by Crippen LogP contribution is 2.46. The third-order valence-electron chi connectivity index (χ3n) is 15.6. The van der Waals surface area contributed by atoms with E-state index in [0.717, 1.165) is 72.2 Å². The summed E-state index contributed by atoms with van der Waals surface area (Å²) in [5.41, 5.74) is -1.65. The van der Waals surface area contributed by atoms with Crippen molar-refractivity contribution < 1.29 is 130 Å². The molecule has 2 amide bonds. The summed E-state index contributed by atoms with van der Waals surface area (Å²) < 4.78 is 79.4. The molecular weight excluding hydrogens is 1440 g/mol. The van der Waals surface area contributed by atoms with Crippen molar-refractivity contribution in [3.05, 3.63) is 156 Å². The number of ether oxygens (including phenoxy) is 1. The van der Waals surface area contributed by atoms with Crippen LogP contribution >= 0.6 is 0 Å². The van der Waals surface area contributed by atoms with E-state index in [-0.39, 0.29) is 127 Å². The first-order valence-electron chi connectivity index (χ1n) is 30.6. The molecule has 10 rings (SSSR count). The van der Waals surface area contributed by atoms with Crippen molar-refractivity contribution in [2.24, 2.45) is 0 Å². The van der Waals surface area contributed by atoms with Crippen LogP contribution < -0.4 is 51.6 Å². The van der Waals surface area contributed by atoms with Crippen LogP contribution in [-0.4, -0.2) is 175 Å². The second-order valence-electron chi connectivity index (χ2n) is 23.0. The summed E-state index contributed by atoms with van der Waals surface area (Å²) in [6, 6.07) is 14.2. The molecule has 4 aliphatic rings. The number of hydrogen-bond acceptors (Lipinski definition) is 29. The highest BCUT2D eigenvalue weighted by molar-refractivity contribution is 6.05. The van der Waals surface area contributed by atoms with Crippen LogP contribution in [0.3, 0.4) is 0 Å². The fourth-order valence-electron chi connectivity index (χ4n) is 10.7. The molecule has 10 N–H and O–H groups in total. The van der Waals surface area contributed by atoms with E-state index in [1.807, 2.05) is 0 Å². The van der Waals surface area contributed by atoms with Crippen LogP contribution in [0.5, 0.6) is 17.2 Å². The van der Waals surface area contributed by atoms with Crippen LogP contribution in [0.2, 0.25) is 0 Å². The van der Waals surface area contributed by atoms with Crippen molar-refractivity contribution in [2.45, 2.75) is 60.2 Å². The molecule has 3 heterocycles. The van der Waals surface area contributed by atoms with Gasteiger partial charge in [-0.25, -0.2) is 22.2 Å². The Morgan fingerprint density at radius 1 is 0.565 bits per heavy atom. The number of aromatic nitrogens is 2. The summed E-state index contributed by atoms with van der Waals surface area (Å²) in [4.78, 5) is 142. The quantitative estimate of drug-likeness (QED) is 0.0146. The van der Waals surface area contributed by atoms with Crippen LogP contribution in [0, 0.1) is 33.4 Å². The number of amides is 2. The number of nitrogens with one attached hydrogen (secondary N) is 3. The Labute approximate surface area is 604 Å². The standard InChI is InChI=1S/C29H24F2N2O11.C29H24F2N2O10.C10H10N4O5.2CH4/c1-13(35)19(11-34)32-26(38)12-43-25-4-14(2-3-20(25)33(9-27(39)40)10-28(41)42)29-15-5-17(30)21(36)7-23(15)44-24-8-22(37)18(31)6-16(24)29;1-13(35)20(12-34)32-26(38)5-15-4-14(2-3-21(15)33(10-27(39)40)11-28(41)42)29-16-6-18(30)22(36)8-24(16)43-25-9-23(37)19(31)7-17(25)29;1-5(16)7(4-15)11-6-2-3-8(14(17)18)10-9(6)12-19-13-10;;/h2-8,19,34,36H,9-12H2,1H3,(H,32,38)(H,39,40)(H,41,42);2-4,6-9,20,34,36H,5,10-12H2,1H3,(H,32,38)(H,39,40)(H,41,42);2-3,7,11,15H,4H2,1H3;2*1H4/p-2. The average Bonchev–Trinajstić information content (AvgIpc) is 0.893. The molecule has 5 aromatic carbocycles. The number of benzene rings is 7. The number of ketones is 3. The first-order chi connectivity index (χ1) is 50.1. The SMILES string of the molecule is C.C.CC(=O)C(CO)NC(=O)COc1cc(-c2c3cc(F)c(=O)cc-3oc3cc(O)c(F)cc23)ccc1N(CC(=O)[O-])CC(=O)[O-].CC(=O)C(CO)NC(=O)Cc1cc(-c2c3cc(F)c(=O)cc-3oc3cc(O)c(F)cc23)ccc1N(CC(=O)O)CC(=O)O.CC(=O)C(CO)Nc1ccc([N+](=O)[O-])c2nonc12. The lowest BCUT2D eigenvalue weighted by Gasteiger charge is -2.28. The van der Waals surface area contributed by atoms with Gasteiger partial charge in [0.25, 0.3) is 5.91 Å². The van der Waals surface area contributed by atoms with Gasteiger partial charge in [0, 0.05) is 69.0 Å². The maximum absolute atomic E-state index is 14.5. The predicted octanol–water partition coefficient (Wildman–Crippen LogP) is 3.20. The van der Waals surface area contributed by atoms with E-state index in [4.69, 9.17) is 18.7 Å². The number of fused-ring (bicyclic) bond motifs is 5. The van der Waals surface area contributed by atoms with Crippen molar-refractivity contribution in [1.82, 2.24) is 20.9 Å². The van der Waals surface area contributed by atoms with Crippen molar-refractivity contribution in [1.29, 1.82) is 0 Å². The molecule has 3 unspecified atom stereocenters. The third kappa shape index (κ3) is 19.7. The molecule has 2 aliphatic carbocycles. The summed E-state index contributed by atoms with van der Waals surface area (Å²) in [5, 5.41) is 114. The molecular formula is C70H64F4N8O26-2. The Balaban J connectivity index is 0.000000269. The number of nitrogens with zero attached hydrogens (tertiary/aromatic N) is 5. The van der Waals surface area contributed by atoms with Gasteiger partial charge in [-0.1, -0.05) is 27.0 Å². The summed E-state index contributed by atoms with van der Waals surface area (Å²) in [7, 11) is 0. The Morgan fingerprint density at radius 2 is 1.01 bits per heavy atom. The topological polar surface area (TPSA) is 536 Å². The van der Waals surface area contributed by atoms with Gasteiger partial charge in [0.15, 0.2) is 64.2 Å². The molecule has 0 saturated carbocycles. The summed E-state index contributed by atoms with van der Waals surface area (Å²) in [5.74, 6) is -15.7. The van der Waals surface area contributed by atoms with Crippen LogP contribution in [0.25, 0.3) is 77.9 Å². The number of carboxylic acids is 4. The van der Waals surface area contributed by atoms with Gasteiger partial charge in [-0.15, -0.1) is 0 Å². The number of carboxylic acid groups (broad SMARTS) is 4.